The molecule has 0 saturated carbocycles. The molecule has 15 heavy (non-hydrogen) atoms. The fourth-order valence-corrected chi connectivity index (χ4v) is 2.27. The van der Waals surface area contributed by atoms with Crippen LogP contribution in [0.2, 0.25) is 0 Å². The summed E-state index contributed by atoms with van der Waals surface area (Å²) in [7, 11) is 0. The fourth-order valence-electron chi connectivity index (χ4n) is 2.01. The van der Waals surface area contributed by atoms with Crippen molar-refractivity contribution in [3.63, 3.8) is 0 Å². The van der Waals surface area contributed by atoms with Crippen LogP contribution in [-0.2, 0) is 0 Å². The molecule has 2 rings (SSSR count). The minimum atomic E-state index is -0.352. The monoisotopic (exact) mass is 266 g/mol. The van der Waals surface area contributed by atoms with Gasteiger partial charge in [0.1, 0.15) is 0 Å². The van der Waals surface area contributed by atoms with Crippen LogP contribution in [0.4, 0.5) is 0 Å². The summed E-state index contributed by atoms with van der Waals surface area (Å²) in [5.41, 5.74) is 1.01. The highest BCUT2D eigenvalue weighted by Gasteiger charge is 2.19. The van der Waals surface area contributed by atoms with E-state index in [9.17, 15) is 5.11 Å². The van der Waals surface area contributed by atoms with Crippen molar-refractivity contribution < 1.29 is 5.11 Å². The average Bonchev–Trinajstić information content (AvgIpc) is 2.30. The summed E-state index contributed by atoms with van der Waals surface area (Å²) < 4.78 is 1.05. The van der Waals surface area contributed by atoms with Crippen LogP contribution < -0.4 is 0 Å². The molecular weight excluding hydrogens is 252 g/mol. The smallest absolute Gasteiger partial charge is 0.0852 e. The molecule has 0 bridgehead atoms. The van der Waals surface area contributed by atoms with Crippen LogP contribution in [0.15, 0.2) is 40.9 Å². The number of hydrogen-bond donors (Lipinski definition) is 1. The van der Waals surface area contributed by atoms with Gasteiger partial charge in [0.2, 0.25) is 0 Å². The highest BCUT2D eigenvalue weighted by Crippen LogP contribution is 2.30. The number of benzene rings is 1. The molecule has 0 unspecified atom stereocenters. The zero-order valence-corrected chi connectivity index (χ0v) is 10.2. The number of aliphatic hydroxyl groups is 1. The molecular formula is C13H15BrO. The first-order chi connectivity index (χ1) is 7.27. The zero-order valence-electron chi connectivity index (χ0n) is 8.57. The van der Waals surface area contributed by atoms with Gasteiger partial charge in [-0.25, -0.2) is 0 Å². The molecule has 2 heteroatoms. The van der Waals surface area contributed by atoms with Crippen molar-refractivity contribution in [2.45, 2.75) is 25.4 Å². The number of allylic oxidation sites excluding steroid dienone is 1. The molecule has 1 N–H and O–H groups in total. The maximum atomic E-state index is 10.2. The molecule has 0 heterocycles. The minimum absolute atomic E-state index is 0.292. The van der Waals surface area contributed by atoms with Gasteiger partial charge in [-0.2, -0.15) is 0 Å². The Morgan fingerprint density at radius 2 is 2.00 bits per heavy atom. The Morgan fingerprint density at radius 3 is 2.60 bits per heavy atom. The molecule has 0 saturated heterocycles. The molecule has 0 spiro atoms. The molecule has 0 aliphatic heterocycles. The van der Waals surface area contributed by atoms with Crippen LogP contribution >= 0.6 is 15.9 Å². The number of rotatable bonds is 2. The molecule has 2 atom stereocenters. The van der Waals surface area contributed by atoms with Gasteiger partial charge in [0.25, 0.3) is 0 Å². The third-order valence-corrected chi connectivity index (χ3v) is 3.44. The maximum Gasteiger partial charge on any atom is 0.0852 e. The standard InChI is InChI=1S/C13H15BrO/c14-12-8-6-11(7-9-12)13(15)10-4-2-1-3-5-10/h2,4,6-10,13,15H,1,3,5H2/t10-,13-/m1/s1. The molecule has 1 nitrogen and oxygen atoms in total. The van der Waals surface area contributed by atoms with E-state index < -0.39 is 0 Å². The molecule has 1 aliphatic carbocycles. The molecule has 0 aromatic heterocycles. The van der Waals surface area contributed by atoms with E-state index in [1.54, 1.807) is 0 Å². The normalized spacial score (nSPS) is 22.7. The summed E-state index contributed by atoms with van der Waals surface area (Å²) in [6, 6.07) is 7.92. The lowest BCUT2D eigenvalue weighted by molar-refractivity contribution is 0.123. The van der Waals surface area contributed by atoms with Crippen molar-refractivity contribution in [1.29, 1.82) is 0 Å². The van der Waals surface area contributed by atoms with Gasteiger partial charge in [-0.3, -0.25) is 0 Å². The van der Waals surface area contributed by atoms with E-state index in [1.807, 2.05) is 24.3 Å². The second kappa shape index (κ2) is 4.95. The van der Waals surface area contributed by atoms with Gasteiger partial charge in [0.05, 0.1) is 6.10 Å². The lowest BCUT2D eigenvalue weighted by Gasteiger charge is -2.22. The Hall–Kier alpha value is -0.600. The SMILES string of the molecule is O[C@@H](c1ccc(Br)cc1)[C@@H]1C=CCCC1. The fraction of sp³-hybridized carbons (Fsp3) is 0.385. The molecule has 1 aromatic rings. The van der Waals surface area contributed by atoms with Gasteiger partial charge in [0, 0.05) is 10.4 Å². The predicted octanol–water partition coefficient (Wildman–Crippen LogP) is 3.84. The zero-order chi connectivity index (χ0) is 10.7. The van der Waals surface area contributed by atoms with Crippen molar-refractivity contribution in [3.8, 4) is 0 Å². The minimum Gasteiger partial charge on any atom is -0.388 e. The number of halogens is 1. The predicted molar refractivity (Wildman–Crippen MR) is 65.6 cm³/mol. The van der Waals surface area contributed by atoms with Crippen LogP contribution in [0, 0.1) is 5.92 Å². The molecule has 1 aromatic carbocycles. The molecule has 0 radical (unpaired) electrons. The first-order valence-electron chi connectivity index (χ1n) is 5.37. The first-order valence-corrected chi connectivity index (χ1v) is 6.17. The van der Waals surface area contributed by atoms with Crippen molar-refractivity contribution in [3.05, 3.63) is 46.5 Å². The van der Waals surface area contributed by atoms with E-state index in [2.05, 4.69) is 28.1 Å². The van der Waals surface area contributed by atoms with Crippen molar-refractivity contribution in [1.82, 2.24) is 0 Å². The molecule has 80 valence electrons. The highest BCUT2D eigenvalue weighted by atomic mass is 79.9. The van der Waals surface area contributed by atoms with E-state index in [-0.39, 0.29) is 6.10 Å². The molecule has 0 amide bonds. The van der Waals surface area contributed by atoms with Crippen LogP contribution in [0.1, 0.15) is 30.9 Å². The van der Waals surface area contributed by atoms with Crippen molar-refractivity contribution >= 4 is 15.9 Å². The molecule has 1 aliphatic rings. The summed E-state index contributed by atoms with van der Waals surface area (Å²) in [6.07, 6.45) is 7.41. The van der Waals surface area contributed by atoms with Crippen LogP contribution in [0.25, 0.3) is 0 Å². The Kier molecular flexibility index (Phi) is 3.60. The average molecular weight is 267 g/mol. The third-order valence-electron chi connectivity index (χ3n) is 2.91. The van der Waals surface area contributed by atoms with Gasteiger partial charge >= 0.3 is 0 Å². The summed E-state index contributed by atoms with van der Waals surface area (Å²) in [5.74, 6) is 0.292. The number of hydrogen-bond acceptors (Lipinski definition) is 1. The lowest BCUT2D eigenvalue weighted by Crippen LogP contribution is -2.12. The van der Waals surface area contributed by atoms with Crippen LogP contribution in [0.5, 0.6) is 0 Å². The van der Waals surface area contributed by atoms with Crippen LogP contribution in [-0.4, -0.2) is 5.11 Å². The summed E-state index contributed by atoms with van der Waals surface area (Å²) >= 11 is 3.39. The van der Waals surface area contributed by atoms with Gasteiger partial charge < -0.3 is 5.11 Å². The Labute approximate surface area is 99.0 Å². The summed E-state index contributed by atoms with van der Waals surface area (Å²) in [6.45, 7) is 0. The third kappa shape index (κ3) is 2.70. The van der Waals surface area contributed by atoms with Gasteiger partial charge in [-0.15, -0.1) is 0 Å². The highest BCUT2D eigenvalue weighted by molar-refractivity contribution is 9.10. The summed E-state index contributed by atoms with van der Waals surface area (Å²) in [4.78, 5) is 0. The van der Waals surface area contributed by atoms with E-state index in [4.69, 9.17) is 0 Å². The second-order valence-corrected chi connectivity index (χ2v) is 4.93. The van der Waals surface area contributed by atoms with Gasteiger partial charge in [-0.1, -0.05) is 40.2 Å². The Balaban J connectivity index is 2.12. The first kappa shape index (κ1) is 10.9. The van der Waals surface area contributed by atoms with E-state index in [0.717, 1.165) is 22.9 Å². The van der Waals surface area contributed by atoms with E-state index in [0.29, 0.717) is 5.92 Å². The number of aliphatic hydroxyl groups excluding tert-OH is 1. The Morgan fingerprint density at radius 1 is 1.27 bits per heavy atom. The second-order valence-electron chi connectivity index (χ2n) is 4.02. The van der Waals surface area contributed by atoms with Gasteiger partial charge in [0.15, 0.2) is 0 Å². The van der Waals surface area contributed by atoms with Gasteiger partial charge in [-0.05, 0) is 37.0 Å². The van der Waals surface area contributed by atoms with E-state index in [1.165, 1.54) is 6.42 Å². The van der Waals surface area contributed by atoms with Crippen LogP contribution in [0.3, 0.4) is 0 Å². The largest absolute Gasteiger partial charge is 0.388 e. The maximum absolute atomic E-state index is 10.2. The molecule has 0 fully saturated rings. The van der Waals surface area contributed by atoms with Crippen molar-refractivity contribution in [2.75, 3.05) is 0 Å². The summed E-state index contributed by atoms with van der Waals surface area (Å²) in [5, 5.41) is 10.2. The van der Waals surface area contributed by atoms with Crippen molar-refractivity contribution in [2.24, 2.45) is 5.92 Å². The topological polar surface area (TPSA) is 20.2 Å². The lowest BCUT2D eigenvalue weighted by atomic mass is 9.87. The quantitative estimate of drug-likeness (QED) is 0.807. The Bertz CT molecular complexity index is 342. The van der Waals surface area contributed by atoms with E-state index >= 15 is 0 Å².